The van der Waals surface area contributed by atoms with E-state index >= 15 is 0 Å². The highest BCUT2D eigenvalue weighted by Crippen LogP contribution is 2.35. The minimum absolute atomic E-state index is 0.00489. The van der Waals surface area contributed by atoms with Gasteiger partial charge in [-0.15, -0.1) is 0 Å². The molecule has 1 saturated heterocycles. The third-order valence-corrected chi connectivity index (χ3v) is 3.91. The van der Waals surface area contributed by atoms with E-state index in [1.54, 1.807) is 0 Å². The van der Waals surface area contributed by atoms with E-state index in [0.29, 0.717) is 5.41 Å². The predicted octanol–water partition coefficient (Wildman–Crippen LogP) is 2.96. The topological polar surface area (TPSA) is 36.4 Å². The second-order valence-electron chi connectivity index (χ2n) is 6.15. The third-order valence-electron chi connectivity index (χ3n) is 3.91. The van der Waals surface area contributed by atoms with Crippen LogP contribution in [-0.2, 0) is 6.61 Å². The Morgan fingerprint density at radius 2 is 2.11 bits per heavy atom. The summed E-state index contributed by atoms with van der Waals surface area (Å²) in [5.41, 5.74) is 1.09. The Labute approximate surface area is 113 Å². The van der Waals surface area contributed by atoms with Crippen molar-refractivity contribution in [2.45, 2.75) is 26.9 Å². The summed E-state index contributed by atoms with van der Waals surface area (Å²) in [6.07, 6.45) is 1.19. The van der Waals surface area contributed by atoms with Gasteiger partial charge in [-0.05, 0) is 23.3 Å². The molecule has 3 nitrogen and oxygen atoms in total. The van der Waals surface area contributed by atoms with Gasteiger partial charge in [0.05, 0.1) is 12.3 Å². The Morgan fingerprint density at radius 1 is 1.32 bits per heavy atom. The summed E-state index contributed by atoms with van der Waals surface area (Å²) >= 11 is 0. The molecule has 0 unspecified atom stereocenters. The molecular weight excluding hydrogens is 236 g/mol. The highest BCUT2D eigenvalue weighted by molar-refractivity contribution is 5.92. The fraction of sp³-hybridized carbons (Fsp3) is 0.438. The molecule has 2 aromatic rings. The van der Waals surface area contributed by atoms with E-state index in [-0.39, 0.29) is 6.61 Å². The van der Waals surface area contributed by atoms with Crippen molar-refractivity contribution < 1.29 is 5.11 Å². The molecule has 2 heterocycles. The van der Waals surface area contributed by atoms with Crippen LogP contribution in [0.15, 0.2) is 30.3 Å². The minimum Gasteiger partial charge on any atom is -0.390 e. The number of aromatic nitrogens is 1. The molecule has 0 aliphatic carbocycles. The number of aliphatic hydroxyl groups excluding tert-OH is 1. The smallest absolute Gasteiger partial charge is 0.136 e. The first-order valence-corrected chi connectivity index (χ1v) is 6.83. The molecule has 100 valence electrons. The van der Waals surface area contributed by atoms with Gasteiger partial charge in [0.15, 0.2) is 0 Å². The zero-order valence-electron chi connectivity index (χ0n) is 11.6. The number of rotatable bonds is 2. The van der Waals surface area contributed by atoms with Gasteiger partial charge >= 0.3 is 0 Å². The van der Waals surface area contributed by atoms with Gasteiger partial charge in [-0.1, -0.05) is 38.1 Å². The van der Waals surface area contributed by atoms with Crippen LogP contribution in [0.5, 0.6) is 0 Å². The summed E-state index contributed by atoms with van der Waals surface area (Å²) in [4.78, 5) is 6.99. The van der Waals surface area contributed by atoms with Crippen molar-refractivity contribution in [2.75, 3.05) is 18.0 Å². The fourth-order valence-electron chi connectivity index (χ4n) is 2.85. The maximum absolute atomic E-state index is 9.39. The zero-order chi connectivity index (χ0) is 13.5. The van der Waals surface area contributed by atoms with Crippen LogP contribution < -0.4 is 4.90 Å². The third kappa shape index (κ3) is 2.30. The van der Waals surface area contributed by atoms with Gasteiger partial charge in [-0.25, -0.2) is 4.98 Å². The quantitative estimate of drug-likeness (QED) is 0.897. The van der Waals surface area contributed by atoms with Crippen LogP contribution in [0.4, 0.5) is 5.82 Å². The summed E-state index contributed by atoms with van der Waals surface area (Å²) in [5, 5.41) is 11.7. The van der Waals surface area contributed by atoms with Crippen LogP contribution in [-0.4, -0.2) is 23.2 Å². The van der Waals surface area contributed by atoms with Gasteiger partial charge in [0.2, 0.25) is 0 Å². The van der Waals surface area contributed by atoms with Crippen molar-refractivity contribution in [2.24, 2.45) is 5.41 Å². The van der Waals surface area contributed by atoms with E-state index in [0.717, 1.165) is 30.0 Å². The molecule has 1 aromatic heterocycles. The number of anilines is 1. The summed E-state index contributed by atoms with van der Waals surface area (Å²) < 4.78 is 0. The number of aliphatic hydroxyl groups is 1. The van der Waals surface area contributed by atoms with E-state index in [9.17, 15) is 5.11 Å². The van der Waals surface area contributed by atoms with Gasteiger partial charge in [0.1, 0.15) is 5.82 Å². The lowest BCUT2D eigenvalue weighted by Crippen LogP contribution is -2.24. The zero-order valence-corrected chi connectivity index (χ0v) is 11.6. The van der Waals surface area contributed by atoms with Crippen LogP contribution in [0, 0.1) is 5.41 Å². The van der Waals surface area contributed by atoms with Gasteiger partial charge in [0.25, 0.3) is 0 Å². The molecule has 1 aliphatic heterocycles. The first kappa shape index (κ1) is 12.4. The molecule has 3 rings (SSSR count). The summed E-state index contributed by atoms with van der Waals surface area (Å²) in [7, 11) is 0. The largest absolute Gasteiger partial charge is 0.390 e. The normalized spacial score (nSPS) is 18.2. The number of benzene rings is 1. The van der Waals surface area contributed by atoms with Crippen molar-refractivity contribution in [3.63, 3.8) is 0 Å². The minimum atomic E-state index is -0.00489. The molecular formula is C16H20N2O. The average Bonchev–Trinajstić information content (AvgIpc) is 2.77. The molecule has 0 spiro atoms. The van der Waals surface area contributed by atoms with Crippen LogP contribution in [0.2, 0.25) is 0 Å². The van der Waals surface area contributed by atoms with Crippen LogP contribution in [0.3, 0.4) is 0 Å². The number of nitrogens with zero attached hydrogens (tertiary/aromatic N) is 2. The van der Waals surface area contributed by atoms with Crippen molar-refractivity contribution in [1.29, 1.82) is 0 Å². The Hall–Kier alpha value is -1.61. The highest BCUT2D eigenvalue weighted by atomic mass is 16.3. The summed E-state index contributed by atoms with van der Waals surface area (Å²) in [6.45, 7) is 6.66. The van der Waals surface area contributed by atoms with Crippen molar-refractivity contribution in [3.8, 4) is 0 Å². The van der Waals surface area contributed by atoms with Gasteiger partial charge in [-0.2, -0.15) is 0 Å². The lowest BCUT2D eigenvalue weighted by molar-refractivity contribution is 0.277. The maximum Gasteiger partial charge on any atom is 0.136 e. The second kappa shape index (κ2) is 4.49. The molecule has 0 atom stereocenters. The standard InChI is InChI=1S/C16H20N2O/c1-16(2)7-8-18(11-16)15-14-6-4-3-5-12(14)9-13(10-19)17-15/h3-6,9,19H,7-8,10-11H2,1-2H3. The SMILES string of the molecule is CC1(C)CCN(c2nc(CO)cc3ccccc23)C1. The highest BCUT2D eigenvalue weighted by Gasteiger charge is 2.30. The van der Waals surface area contributed by atoms with Crippen molar-refractivity contribution >= 4 is 16.6 Å². The number of pyridine rings is 1. The average molecular weight is 256 g/mol. The van der Waals surface area contributed by atoms with Gasteiger partial charge < -0.3 is 10.0 Å². The Balaban J connectivity index is 2.11. The summed E-state index contributed by atoms with van der Waals surface area (Å²) in [5.74, 6) is 1.02. The lowest BCUT2D eigenvalue weighted by Gasteiger charge is -2.22. The van der Waals surface area contributed by atoms with Crippen LogP contribution in [0.1, 0.15) is 26.0 Å². The van der Waals surface area contributed by atoms with Gasteiger partial charge in [-0.3, -0.25) is 0 Å². The van der Waals surface area contributed by atoms with Gasteiger partial charge in [0, 0.05) is 18.5 Å². The van der Waals surface area contributed by atoms with Crippen LogP contribution in [0.25, 0.3) is 10.8 Å². The molecule has 0 saturated carbocycles. The van der Waals surface area contributed by atoms with E-state index < -0.39 is 0 Å². The lowest BCUT2D eigenvalue weighted by atomic mass is 9.93. The number of hydrogen-bond donors (Lipinski definition) is 1. The molecule has 0 bridgehead atoms. The molecule has 0 amide bonds. The second-order valence-corrected chi connectivity index (χ2v) is 6.15. The fourth-order valence-corrected chi connectivity index (χ4v) is 2.85. The first-order chi connectivity index (χ1) is 9.09. The number of fused-ring (bicyclic) bond motifs is 1. The van der Waals surface area contributed by atoms with Crippen molar-refractivity contribution in [1.82, 2.24) is 4.98 Å². The Bertz CT molecular complexity index is 607. The monoisotopic (exact) mass is 256 g/mol. The molecule has 3 heteroatoms. The van der Waals surface area contributed by atoms with E-state index in [1.165, 1.54) is 11.8 Å². The Morgan fingerprint density at radius 3 is 2.79 bits per heavy atom. The van der Waals surface area contributed by atoms with Crippen LogP contribution >= 0.6 is 0 Å². The summed E-state index contributed by atoms with van der Waals surface area (Å²) in [6, 6.07) is 10.2. The predicted molar refractivity (Wildman–Crippen MR) is 78.3 cm³/mol. The Kier molecular flexibility index (Phi) is 2.94. The molecule has 1 aliphatic rings. The van der Waals surface area contributed by atoms with E-state index in [4.69, 9.17) is 0 Å². The van der Waals surface area contributed by atoms with E-state index in [2.05, 4.69) is 35.9 Å². The number of hydrogen-bond acceptors (Lipinski definition) is 3. The molecule has 1 N–H and O–H groups in total. The molecule has 1 aromatic carbocycles. The van der Waals surface area contributed by atoms with Crippen molar-refractivity contribution in [3.05, 3.63) is 36.0 Å². The first-order valence-electron chi connectivity index (χ1n) is 6.83. The molecule has 19 heavy (non-hydrogen) atoms. The van der Waals surface area contributed by atoms with E-state index in [1.807, 2.05) is 18.2 Å². The molecule has 1 fully saturated rings. The molecule has 0 radical (unpaired) electrons. The maximum atomic E-state index is 9.39.